The van der Waals surface area contributed by atoms with E-state index >= 15 is 0 Å². The Morgan fingerprint density at radius 1 is 0.957 bits per heavy atom. The first-order chi connectivity index (χ1) is 11.1. The molecular formula is C17H14ClN5. The van der Waals surface area contributed by atoms with Gasteiger partial charge in [-0.15, -0.1) is 0 Å². The second-order valence-electron chi connectivity index (χ2n) is 5.43. The Morgan fingerprint density at radius 2 is 1.74 bits per heavy atom. The summed E-state index contributed by atoms with van der Waals surface area (Å²) in [4.78, 5) is 8.33. The van der Waals surface area contributed by atoms with E-state index < -0.39 is 0 Å². The molecule has 0 fully saturated rings. The maximum atomic E-state index is 6.05. The van der Waals surface area contributed by atoms with Crippen LogP contribution < -0.4 is 11.5 Å². The van der Waals surface area contributed by atoms with E-state index in [1.807, 2.05) is 48.7 Å². The highest BCUT2D eigenvalue weighted by molar-refractivity contribution is 6.30. The summed E-state index contributed by atoms with van der Waals surface area (Å²) in [6.07, 6.45) is 2.04. The third-order valence-electron chi connectivity index (χ3n) is 3.92. The number of fused-ring (bicyclic) bond motifs is 3. The van der Waals surface area contributed by atoms with Gasteiger partial charge in [0.05, 0.1) is 10.9 Å². The topological polar surface area (TPSA) is 82.7 Å². The third kappa shape index (κ3) is 2.35. The monoisotopic (exact) mass is 323 g/mol. The predicted octanol–water partition coefficient (Wildman–Crippen LogP) is 3.45. The van der Waals surface area contributed by atoms with Crippen LogP contribution in [0.5, 0.6) is 0 Å². The van der Waals surface area contributed by atoms with Crippen LogP contribution in [0.1, 0.15) is 5.56 Å². The van der Waals surface area contributed by atoms with Crippen molar-refractivity contribution in [2.45, 2.75) is 6.54 Å². The fourth-order valence-electron chi connectivity index (χ4n) is 2.88. The molecule has 0 amide bonds. The second kappa shape index (κ2) is 5.14. The summed E-state index contributed by atoms with van der Waals surface area (Å²) < 4.78 is 2.16. The highest BCUT2D eigenvalue weighted by Gasteiger charge is 2.11. The molecule has 0 saturated heterocycles. The minimum atomic E-state index is 0.190. The fourth-order valence-corrected chi connectivity index (χ4v) is 3.00. The zero-order valence-corrected chi connectivity index (χ0v) is 13.0. The standard InChI is InChI=1S/C17H14ClN5/c18-11-3-1-10(2-4-11)9-23-8-7-12-14(23)6-5-13-15(12)16(19)22-17(20)21-13/h1-8H,9H2,(H4,19,20,21,22). The van der Waals surface area contributed by atoms with Crippen molar-refractivity contribution in [1.29, 1.82) is 0 Å². The van der Waals surface area contributed by atoms with E-state index in [0.29, 0.717) is 5.82 Å². The van der Waals surface area contributed by atoms with Gasteiger partial charge in [0.15, 0.2) is 0 Å². The lowest BCUT2D eigenvalue weighted by atomic mass is 10.1. The number of nitrogen functional groups attached to an aromatic ring is 2. The number of benzene rings is 2. The number of halogens is 1. The molecule has 23 heavy (non-hydrogen) atoms. The number of aromatic nitrogens is 3. The Morgan fingerprint density at radius 3 is 2.52 bits per heavy atom. The van der Waals surface area contributed by atoms with Gasteiger partial charge in [0.1, 0.15) is 5.82 Å². The Kier molecular flexibility index (Phi) is 3.09. The third-order valence-corrected chi connectivity index (χ3v) is 4.18. The molecule has 0 bridgehead atoms. The summed E-state index contributed by atoms with van der Waals surface area (Å²) in [6.45, 7) is 0.752. The molecule has 5 nitrogen and oxygen atoms in total. The molecule has 2 heterocycles. The summed E-state index contributed by atoms with van der Waals surface area (Å²) >= 11 is 5.94. The predicted molar refractivity (Wildman–Crippen MR) is 94.4 cm³/mol. The van der Waals surface area contributed by atoms with Crippen molar-refractivity contribution in [2.75, 3.05) is 11.5 Å². The van der Waals surface area contributed by atoms with Gasteiger partial charge in [0, 0.05) is 28.7 Å². The number of rotatable bonds is 2. The number of hydrogen-bond acceptors (Lipinski definition) is 4. The molecule has 2 aromatic heterocycles. The summed E-state index contributed by atoms with van der Waals surface area (Å²) in [5, 5.41) is 2.60. The van der Waals surface area contributed by atoms with Crippen LogP contribution in [0.25, 0.3) is 21.8 Å². The Balaban J connectivity index is 1.86. The highest BCUT2D eigenvalue weighted by atomic mass is 35.5. The maximum Gasteiger partial charge on any atom is 0.222 e. The van der Waals surface area contributed by atoms with E-state index in [9.17, 15) is 0 Å². The van der Waals surface area contributed by atoms with Gasteiger partial charge < -0.3 is 16.0 Å². The summed E-state index contributed by atoms with van der Waals surface area (Å²) in [5.41, 5.74) is 14.7. The number of nitrogens with zero attached hydrogens (tertiary/aromatic N) is 3. The van der Waals surface area contributed by atoms with Crippen molar-refractivity contribution in [3.05, 3.63) is 59.2 Å². The Bertz CT molecular complexity index is 1020. The van der Waals surface area contributed by atoms with Crippen LogP contribution in [0, 0.1) is 0 Å². The molecule has 4 N–H and O–H groups in total. The van der Waals surface area contributed by atoms with E-state index in [4.69, 9.17) is 23.1 Å². The minimum absolute atomic E-state index is 0.190. The number of nitrogens with two attached hydrogens (primary N) is 2. The van der Waals surface area contributed by atoms with E-state index in [0.717, 1.165) is 33.4 Å². The van der Waals surface area contributed by atoms with Gasteiger partial charge in [0.2, 0.25) is 5.95 Å². The molecule has 4 aromatic rings. The van der Waals surface area contributed by atoms with Crippen molar-refractivity contribution in [3.8, 4) is 0 Å². The van der Waals surface area contributed by atoms with Crippen LogP contribution >= 0.6 is 11.6 Å². The zero-order valence-electron chi connectivity index (χ0n) is 12.2. The molecule has 0 radical (unpaired) electrons. The van der Waals surface area contributed by atoms with E-state index in [1.54, 1.807) is 0 Å². The normalized spacial score (nSPS) is 11.3. The van der Waals surface area contributed by atoms with Crippen LogP contribution in [-0.4, -0.2) is 14.5 Å². The first kappa shape index (κ1) is 13.8. The molecule has 4 rings (SSSR count). The molecule has 0 unspecified atom stereocenters. The van der Waals surface area contributed by atoms with Crippen molar-refractivity contribution in [1.82, 2.24) is 14.5 Å². The van der Waals surface area contributed by atoms with Crippen molar-refractivity contribution < 1.29 is 0 Å². The lowest BCUT2D eigenvalue weighted by Gasteiger charge is -2.08. The Hall–Kier alpha value is -2.79. The molecule has 0 aliphatic heterocycles. The van der Waals surface area contributed by atoms with Crippen LogP contribution in [0.3, 0.4) is 0 Å². The van der Waals surface area contributed by atoms with Crippen molar-refractivity contribution >= 4 is 45.2 Å². The molecule has 0 atom stereocenters. The Labute approximate surface area is 137 Å². The lowest BCUT2D eigenvalue weighted by molar-refractivity contribution is 0.837. The first-order valence-electron chi connectivity index (χ1n) is 7.17. The first-order valence-corrected chi connectivity index (χ1v) is 7.54. The van der Waals surface area contributed by atoms with Crippen LogP contribution in [0.4, 0.5) is 11.8 Å². The summed E-state index contributed by atoms with van der Waals surface area (Å²) in [6, 6.07) is 13.8. The molecule has 0 saturated carbocycles. The van der Waals surface area contributed by atoms with Gasteiger partial charge in [-0.2, -0.15) is 4.98 Å². The molecule has 0 aliphatic rings. The molecule has 0 spiro atoms. The van der Waals surface area contributed by atoms with E-state index in [2.05, 4.69) is 14.5 Å². The van der Waals surface area contributed by atoms with Crippen LogP contribution in [0.2, 0.25) is 5.02 Å². The average molecular weight is 324 g/mol. The minimum Gasteiger partial charge on any atom is -0.383 e. The van der Waals surface area contributed by atoms with Gasteiger partial charge in [-0.3, -0.25) is 0 Å². The van der Waals surface area contributed by atoms with Gasteiger partial charge >= 0.3 is 0 Å². The van der Waals surface area contributed by atoms with Crippen LogP contribution in [0.15, 0.2) is 48.7 Å². The van der Waals surface area contributed by atoms with Gasteiger partial charge in [-0.05, 0) is 35.9 Å². The molecule has 0 aliphatic carbocycles. The fraction of sp³-hybridized carbons (Fsp3) is 0.0588. The largest absolute Gasteiger partial charge is 0.383 e. The highest BCUT2D eigenvalue weighted by Crippen LogP contribution is 2.29. The number of anilines is 2. The summed E-state index contributed by atoms with van der Waals surface area (Å²) in [5.74, 6) is 0.595. The zero-order chi connectivity index (χ0) is 16.0. The summed E-state index contributed by atoms with van der Waals surface area (Å²) in [7, 11) is 0. The second-order valence-corrected chi connectivity index (χ2v) is 5.87. The van der Waals surface area contributed by atoms with Gasteiger partial charge in [-0.1, -0.05) is 23.7 Å². The molecular weight excluding hydrogens is 310 g/mol. The maximum absolute atomic E-state index is 6.05. The molecule has 6 heteroatoms. The average Bonchev–Trinajstić information content (AvgIpc) is 2.92. The number of hydrogen-bond donors (Lipinski definition) is 2. The van der Waals surface area contributed by atoms with Crippen molar-refractivity contribution in [2.24, 2.45) is 0 Å². The lowest BCUT2D eigenvalue weighted by Crippen LogP contribution is -2.01. The van der Waals surface area contributed by atoms with Gasteiger partial charge in [-0.25, -0.2) is 4.98 Å². The SMILES string of the molecule is Nc1nc(N)c2c(ccc3c2ccn3Cc2ccc(Cl)cc2)n1. The van der Waals surface area contributed by atoms with Gasteiger partial charge in [0.25, 0.3) is 0 Å². The van der Waals surface area contributed by atoms with Crippen molar-refractivity contribution in [3.63, 3.8) is 0 Å². The molecule has 114 valence electrons. The quantitative estimate of drug-likeness (QED) is 0.592. The smallest absolute Gasteiger partial charge is 0.222 e. The molecule has 2 aromatic carbocycles. The van der Waals surface area contributed by atoms with E-state index in [-0.39, 0.29) is 5.95 Å². The van der Waals surface area contributed by atoms with E-state index in [1.165, 1.54) is 5.56 Å². The van der Waals surface area contributed by atoms with Crippen LogP contribution in [-0.2, 0) is 6.54 Å².